The molecule has 0 spiro atoms. The number of aliphatic hydroxyl groups excluding tert-OH is 2. The third-order valence-electron chi connectivity index (χ3n) is 7.76. The molecule has 4 saturated carbocycles. The van der Waals surface area contributed by atoms with E-state index in [9.17, 15) is 15.0 Å². The first-order valence-electron chi connectivity index (χ1n) is 12.4. The van der Waals surface area contributed by atoms with Gasteiger partial charge in [0.2, 0.25) is 0 Å². The molecule has 2 aromatic carbocycles. The summed E-state index contributed by atoms with van der Waals surface area (Å²) in [6, 6.07) is 14.4. The third-order valence-corrected chi connectivity index (χ3v) is 9.34. The summed E-state index contributed by atoms with van der Waals surface area (Å²) in [7, 11) is 0. The number of aliphatic hydroxyl groups is 2. The number of amides is 1. The Balaban J connectivity index is 1.16. The minimum absolute atomic E-state index is 0.324. The predicted octanol–water partition coefficient (Wildman–Crippen LogP) is 5.49. The van der Waals surface area contributed by atoms with E-state index in [0.29, 0.717) is 11.3 Å². The lowest BCUT2D eigenvalue weighted by molar-refractivity contribution is 0.0267. The maximum Gasteiger partial charge on any atom is 0.251 e. The lowest BCUT2D eigenvalue weighted by Gasteiger charge is -2.54. The molecule has 6 nitrogen and oxygen atoms in total. The van der Waals surface area contributed by atoms with Gasteiger partial charge in [-0.25, -0.2) is 0 Å². The summed E-state index contributed by atoms with van der Waals surface area (Å²) < 4.78 is 0. The summed E-state index contributed by atoms with van der Waals surface area (Å²) in [5, 5.41) is 30.9. The first kappa shape index (κ1) is 23.5. The van der Waals surface area contributed by atoms with Crippen molar-refractivity contribution in [3.8, 4) is 0 Å². The lowest BCUT2D eigenvalue weighted by atomic mass is 9.56. The van der Waals surface area contributed by atoms with Gasteiger partial charge in [0.15, 0.2) is 0 Å². The largest absolute Gasteiger partial charge is 0.394 e. The first-order valence-corrected chi connectivity index (χ1v) is 13.2. The summed E-state index contributed by atoms with van der Waals surface area (Å²) in [4.78, 5) is 13.6. The van der Waals surface area contributed by atoms with Crippen molar-refractivity contribution >= 4 is 29.0 Å². The second-order valence-electron chi connectivity index (χ2n) is 10.3. The molecule has 180 valence electrons. The van der Waals surface area contributed by atoms with Crippen molar-refractivity contribution in [2.75, 3.05) is 6.61 Å². The van der Waals surface area contributed by atoms with Crippen LogP contribution in [0, 0.1) is 23.7 Å². The number of carbonyl (C=O) groups is 1. The molecule has 34 heavy (non-hydrogen) atoms. The Morgan fingerprint density at radius 3 is 1.97 bits per heavy atom. The molecular weight excluding hydrogens is 446 g/mol. The van der Waals surface area contributed by atoms with Crippen molar-refractivity contribution < 1.29 is 15.0 Å². The molecule has 6 rings (SSSR count). The molecule has 0 heterocycles. The molecule has 4 aliphatic carbocycles. The molecule has 0 radical (unpaired) electrons. The molecule has 2 atom stereocenters. The monoisotopic (exact) mass is 479 g/mol. The van der Waals surface area contributed by atoms with Gasteiger partial charge < -0.3 is 15.5 Å². The number of nitrogens with zero attached hydrogens (tertiary/aromatic N) is 2. The van der Waals surface area contributed by atoms with E-state index in [0.717, 1.165) is 34.6 Å². The topological polar surface area (TPSA) is 94.3 Å². The number of carbonyl (C=O) groups excluding carboxylic acids is 1. The molecule has 4 bridgehead atoms. The SMILES string of the molecule is C[C@@H](O)[C@@H](CO)NC(=O)c1ccc(N=Nc2ccc(SC3C4CC5CC(C4)CC3C5)cc2)cc1. The molecule has 1 amide bonds. The molecule has 3 N–H and O–H groups in total. The summed E-state index contributed by atoms with van der Waals surface area (Å²) in [6.45, 7) is 1.20. The molecule has 0 unspecified atom stereocenters. The highest BCUT2D eigenvalue weighted by atomic mass is 32.2. The molecular formula is C27H33N3O3S. The van der Waals surface area contributed by atoms with Crippen LogP contribution in [0.3, 0.4) is 0 Å². The minimum Gasteiger partial charge on any atom is -0.394 e. The zero-order valence-corrected chi connectivity index (χ0v) is 20.3. The van der Waals surface area contributed by atoms with Crippen LogP contribution < -0.4 is 5.32 Å². The van der Waals surface area contributed by atoms with Gasteiger partial charge in [-0.1, -0.05) is 0 Å². The third kappa shape index (κ3) is 5.21. The quantitative estimate of drug-likeness (QED) is 0.436. The van der Waals surface area contributed by atoms with E-state index in [2.05, 4.69) is 39.4 Å². The average molecular weight is 480 g/mol. The van der Waals surface area contributed by atoms with Gasteiger partial charge in [-0.05, 0) is 111 Å². The first-order chi connectivity index (χ1) is 16.5. The maximum absolute atomic E-state index is 12.3. The predicted molar refractivity (Wildman–Crippen MR) is 134 cm³/mol. The average Bonchev–Trinajstić information content (AvgIpc) is 2.83. The number of azo groups is 1. The van der Waals surface area contributed by atoms with Gasteiger partial charge in [-0.2, -0.15) is 10.2 Å². The molecule has 0 saturated heterocycles. The Kier molecular flexibility index (Phi) is 7.04. The van der Waals surface area contributed by atoms with Crippen molar-refractivity contribution in [2.24, 2.45) is 33.9 Å². The van der Waals surface area contributed by atoms with Crippen LogP contribution in [-0.4, -0.2) is 40.1 Å². The fourth-order valence-corrected chi connectivity index (χ4v) is 7.62. The minimum atomic E-state index is -0.834. The summed E-state index contributed by atoms with van der Waals surface area (Å²) in [5.41, 5.74) is 1.89. The fourth-order valence-electron chi connectivity index (χ4n) is 6.18. The number of thioether (sulfide) groups is 1. The molecule has 7 heteroatoms. The Labute approximate surface area is 205 Å². The van der Waals surface area contributed by atoms with Crippen LogP contribution in [0.5, 0.6) is 0 Å². The van der Waals surface area contributed by atoms with E-state index in [-0.39, 0.29) is 12.5 Å². The highest BCUT2D eigenvalue weighted by Crippen LogP contribution is 2.58. The zero-order valence-electron chi connectivity index (χ0n) is 19.5. The van der Waals surface area contributed by atoms with Gasteiger partial charge in [-0.3, -0.25) is 4.79 Å². The Hall–Kier alpha value is -2.22. The normalized spacial score (nSPS) is 29.3. The zero-order chi connectivity index (χ0) is 23.7. The summed E-state index contributed by atoms with van der Waals surface area (Å²) in [6.07, 6.45) is 6.44. The van der Waals surface area contributed by atoms with Crippen molar-refractivity contribution in [1.29, 1.82) is 0 Å². The van der Waals surface area contributed by atoms with Crippen molar-refractivity contribution in [3.05, 3.63) is 54.1 Å². The number of rotatable bonds is 8. The van der Waals surface area contributed by atoms with Crippen LogP contribution in [0.25, 0.3) is 0 Å². The van der Waals surface area contributed by atoms with Crippen molar-refractivity contribution in [3.63, 3.8) is 0 Å². The van der Waals surface area contributed by atoms with Gasteiger partial charge in [0.1, 0.15) is 0 Å². The number of benzene rings is 2. The number of hydrogen-bond acceptors (Lipinski definition) is 6. The lowest BCUT2D eigenvalue weighted by Crippen LogP contribution is -2.46. The molecule has 4 fully saturated rings. The highest BCUT2D eigenvalue weighted by Gasteiger charge is 2.48. The van der Waals surface area contributed by atoms with Gasteiger partial charge >= 0.3 is 0 Å². The van der Waals surface area contributed by atoms with Crippen molar-refractivity contribution in [1.82, 2.24) is 5.32 Å². The molecule has 0 aromatic heterocycles. The van der Waals surface area contributed by atoms with Crippen LogP contribution >= 0.6 is 11.8 Å². The van der Waals surface area contributed by atoms with Crippen molar-refractivity contribution in [2.45, 2.75) is 61.3 Å². The Morgan fingerprint density at radius 2 is 1.47 bits per heavy atom. The second-order valence-corrected chi connectivity index (χ2v) is 11.5. The molecule has 2 aromatic rings. The summed E-state index contributed by atoms with van der Waals surface area (Å²) >= 11 is 2.07. The Morgan fingerprint density at radius 1 is 0.941 bits per heavy atom. The van der Waals surface area contributed by atoms with Gasteiger partial charge in [0.05, 0.1) is 30.1 Å². The van der Waals surface area contributed by atoms with Crippen LogP contribution in [0.4, 0.5) is 11.4 Å². The van der Waals surface area contributed by atoms with Crippen LogP contribution in [0.15, 0.2) is 63.7 Å². The Bertz CT molecular complexity index is 994. The standard InChI is InChI=1S/C27H33N3O3S/c1-16(32)25(15-31)28-27(33)19-2-4-22(5-3-19)29-30-23-6-8-24(9-7-23)34-26-20-11-17-10-18(13-20)14-21(26)12-17/h2-9,16-18,20-21,25-26,31-32H,10-15H2,1H3,(H,28,33)/t16-,17?,18?,20?,21?,25-,26?/m1/s1. The molecule has 0 aliphatic heterocycles. The van der Waals surface area contributed by atoms with Crippen LogP contribution in [0.2, 0.25) is 0 Å². The van der Waals surface area contributed by atoms with Gasteiger partial charge in [0, 0.05) is 15.7 Å². The van der Waals surface area contributed by atoms with E-state index < -0.39 is 12.1 Å². The van der Waals surface area contributed by atoms with E-state index in [1.165, 1.54) is 43.9 Å². The number of hydrogen-bond donors (Lipinski definition) is 3. The van der Waals surface area contributed by atoms with E-state index >= 15 is 0 Å². The van der Waals surface area contributed by atoms with E-state index in [1.807, 2.05) is 12.1 Å². The van der Waals surface area contributed by atoms with Gasteiger partial charge in [-0.15, -0.1) is 11.8 Å². The smallest absolute Gasteiger partial charge is 0.251 e. The highest BCUT2D eigenvalue weighted by molar-refractivity contribution is 8.00. The summed E-state index contributed by atoms with van der Waals surface area (Å²) in [5.74, 6) is 3.48. The van der Waals surface area contributed by atoms with Crippen LogP contribution in [-0.2, 0) is 0 Å². The molecule has 4 aliphatic rings. The number of nitrogens with one attached hydrogen (secondary N) is 1. The van der Waals surface area contributed by atoms with Crippen LogP contribution in [0.1, 0.15) is 49.4 Å². The van der Waals surface area contributed by atoms with E-state index in [4.69, 9.17) is 0 Å². The fraction of sp³-hybridized carbons (Fsp3) is 0.519. The maximum atomic E-state index is 12.3. The van der Waals surface area contributed by atoms with Gasteiger partial charge in [0.25, 0.3) is 5.91 Å². The second kappa shape index (κ2) is 10.2. The van der Waals surface area contributed by atoms with E-state index in [1.54, 1.807) is 24.3 Å².